The Balaban J connectivity index is 1.70. The number of benzene rings is 1. The molecule has 0 spiro atoms. The molecule has 0 atom stereocenters. The molecule has 2 aromatic rings. The van der Waals surface area contributed by atoms with Gasteiger partial charge in [0.25, 0.3) is 0 Å². The maximum atomic E-state index is 12.7. The van der Waals surface area contributed by atoms with Gasteiger partial charge in [-0.25, -0.2) is 0 Å². The predicted octanol–water partition coefficient (Wildman–Crippen LogP) is 3.37. The minimum atomic E-state index is 0.111. The number of thioether (sulfide) groups is 1. The van der Waals surface area contributed by atoms with Crippen LogP contribution in [0.15, 0.2) is 41.2 Å². The summed E-state index contributed by atoms with van der Waals surface area (Å²) in [4.78, 5) is 14.6. The van der Waals surface area contributed by atoms with Gasteiger partial charge in [0.05, 0.1) is 11.4 Å². The lowest BCUT2D eigenvalue weighted by atomic mass is 10.0. The third kappa shape index (κ3) is 4.10. The first-order valence-electron chi connectivity index (χ1n) is 8.67. The fourth-order valence-electron chi connectivity index (χ4n) is 3.03. The lowest BCUT2D eigenvalue weighted by Gasteiger charge is -2.26. The summed E-state index contributed by atoms with van der Waals surface area (Å²) in [6.07, 6.45) is 6.64. The first-order valence-corrected chi connectivity index (χ1v) is 9.66. The van der Waals surface area contributed by atoms with Gasteiger partial charge in [0.2, 0.25) is 11.1 Å². The Morgan fingerprint density at radius 3 is 2.88 bits per heavy atom. The summed E-state index contributed by atoms with van der Waals surface area (Å²) in [5, 5.41) is 12.6. The lowest BCUT2D eigenvalue weighted by molar-refractivity contribution is -0.126. The van der Waals surface area contributed by atoms with E-state index in [-0.39, 0.29) is 5.91 Å². The quantitative estimate of drug-likeness (QED) is 0.742. The van der Waals surface area contributed by atoms with Crippen LogP contribution in [0.4, 0.5) is 0 Å². The topological polar surface area (TPSA) is 63.9 Å². The molecule has 0 aliphatic heterocycles. The molecule has 1 heterocycles. The van der Waals surface area contributed by atoms with Crippen molar-refractivity contribution >= 4 is 17.7 Å². The molecule has 25 heavy (non-hydrogen) atoms. The molecule has 3 rings (SSSR count). The van der Waals surface area contributed by atoms with Crippen molar-refractivity contribution in [1.29, 1.82) is 0 Å². The first-order chi connectivity index (χ1) is 12.2. The van der Waals surface area contributed by atoms with Crippen LogP contribution in [0.1, 0.15) is 38.2 Å². The monoisotopic (exact) mass is 357 g/mol. The number of tetrazole rings is 1. The van der Waals surface area contributed by atoms with Crippen LogP contribution >= 0.6 is 11.8 Å². The van der Waals surface area contributed by atoms with Gasteiger partial charge in [0, 0.05) is 12.2 Å². The zero-order chi connectivity index (χ0) is 17.6. The van der Waals surface area contributed by atoms with Crippen molar-refractivity contribution in [2.75, 3.05) is 12.3 Å². The average molecular weight is 357 g/mol. The molecule has 0 fully saturated rings. The number of nitrogens with zero attached hydrogens (tertiary/aromatic N) is 5. The number of aromatic nitrogens is 4. The maximum Gasteiger partial charge on any atom is 0.237 e. The molecule has 1 aliphatic rings. The molecule has 0 saturated heterocycles. The van der Waals surface area contributed by atoms with Gasteiger partial charge in [-0.2, -0.15) is 4.68 Å². The molecule has 7 heteroatoms. The number of hydrogen-bond acceptors (Lipinski definition) is 5. The molecule has 1 aromatic heterocycles. The zero-order valence-corrected chi connectivity index (χ0v) is 15.5. The third-order valence-corrected chi connectivity index (χ3v) is 5.24. The smallest absolute Gasteiger partial charge is 0.237 e. The molecule has 0 saturated carbocycles. The summed E-state index contributed by atoms with van der Waals surface area (Å²) in [5.41, 5.74) is 3.19. The number of carbonyl (C=O) groups is 1. The third-order valence-electron chi connectivity index (χ3n) is 4.34. The fraction of sp³-hybridized carbons (Fsp3) is 0.444. The van der Waals surface area contributed by atoms with Gasteiger partial charge in [-0.15, -0.1) is 5.10 Å². The van der Waals surface area contributed by atoms with Crippen LogP contribution in [-0.2, 0) is 4.79 Å². The molecule has 1 amide bonds. The van der Waals surface area contributed by atoms with Crippen LogP contribution in [-0.4, -0.2) is 43.3 Å². The van der Waals surface area contributed by atoms with Crippen molar-refractivity contribution in [2.45, 2.75) is 44.7 Å². The van der Waals surface area contributed by atoms with Crippen LogP contribution in [0.25, 0.3) is 5.69 Å². The number of amides is 1. The van der Waals surface area contributed by atoms with Gasteiger partial charge < -0.3 is 4.90 Å². The van der Waals surface area contributed by atoms with E-state index in [1.54, 1.807) is 4.68 Å². The van der Waals surface area contributed by atoms with Crippen LogP contribution in [0.2, 0.25) is 0 Å². The Kier molecular flexibility index (Phi) is 5.86. The fourth-order valence-corrected chi connectivity index (χ4v) is 3.79. The number of aryl methyl sites for hydroxylation is 1. The molecule has 132 valence electrons. The Labute approximate surface area is 152 Å². The second kappa shape index (κ2) is 8.29. The second-order valence-electron chi connectivity index (χ2n) is 6.03. The first kappa shape index (κ1) is 17.7. The van der Waals surface area contributed by atoms with E-state index >= 15 is 0 Å². The average Bonchev–Trinajstić information content (AvgIpc) is 3.10. The Hall–Kier alpha value is -2.15. The molecule has 1 aromatic carbocycles. The highest BCUT2D eigenvalue weighted by atomic mass is 32.2. The van der Waals surface area contributed by atoms with Crippen molar-refractivity contribution in [3.63, 3.8) is 0 Å². The second-order valence-corrected chi connectivity index (χ2v) is 6.97. The van der Waals surface area contributed by atoms with Crippen LogP contribution < -0.4 is 0 Å². The summed E-state index contributed by atoms with van der Waals surface area (Å²) in [6, 6.07) is 7.93. The Morgan fingerprint density at radius 2 is 2.16 bits per heavy atom. The van der Waals surface area contributed by atoms with E-state index in [2.05, 4.69) is 21.6 Å². The van der Waals surface area contributed by atoms with Crippen molar-refractivity contribution in [3.05, 3.63) is 41.6 Å². The van der Waals surface area contributed by atoms with E-state index in [1.807, 2.05) is 43.0 Å². The number of allylic oxidation sites excluding steroid dienone is 2. The van der Waals surface area contributed by atoms with Gasteiger partial charge >= 0.3 is 0 Å². The van der Waals surface area contributed by atoms with Gasteiger partial charge in [0.15, 0.2) is 0 Å². The number of rotatable bonds is 6. The predicted molar refractivity (Wildman–Crippen MR) is 98.6 cm³/mol. The van der Waals surface area contributed by atoms with E-state index in [1.165, 1.54) is 18.2 Å². The number of hydrogen-bond donors (Lipinski definition) is 0. The van der Waals surface area contributed by atoms with E-state index in [9.17, 15) is 4.79 Å². The maximum absolute atomic E-state index is 12.7. The minimum absolute atomic E-state index is 0.111. The van der Waals surface area contributed by atoms with Crippen molar-refractivity contribution in [2.24, 2.45) is 0 Å². The Morgan fingerprint density at radius 1 is 1.32 bits per heavy atom. The van der Waals surface area contributed by atoms with E-state index in [0.29, 0.717) is 17.5 Å². The molecule has 6 nitrogen and oxygen atoms in total. The van der Waals surface area contributed by atoms with Crippen LogP contribution in [0.5, 0.6) is 0 Å². The molecular formula is C18H23N5OS. The normalized spacial score (nSPS) is 14.2. The SMILES string of the molecule is CCN(C(=O)CSc1nnnn1-c1ccccc1C)C1=CCCCC1. The summed E-state index contributed by atoms with van der Waals surface area (Å²) in [6.45, 7) is 4.74. The number of carbonyl (C=O) groups excluding carboxylic acids is 1. The van der Waals surface area contributed by atoms with Crippen molar-refractivity contribution < 1.29 is 4.79 Å². The molecule has 0 bridgehead atoms. The van der Waals surface area contributed by atoms with Crippen molar-refractivity contribution in [1.82, 2.24) is 25.1 Å². The van der Waals surface area contributed by atoms with Crippen molar-refractivity contribution in [3.8, 4) is 5.69 Å². The van der Waals surface area contributed by atoms with Crippen LogP contribution in [0.3, 0.4) is 0 Å². The highest BCUT2D eigenvalue weighted by molar-refractivity contribution is 7.99. The summed E-state index contributed by atoms with van der Waals surface area (Å²) in [5.74, 6) is 0.442. The summed E-state index contributed by atoms with van der Waals surface area (Å²) >= 11 is 1.38. The van der Waals surface area contributed by atoms with Gasteiger partial charge in [-0.1, -0.05) is 36.0 Å². The molecule has 1 aliphatic carbocycles. The largest absolute Gasteiger partial charge is 0.316 e. The van der Waals surface area contributed by atoms with E-state index in [4.69, 9.17) is 0 Å². The summed E-state index contributed by atoms with van der Waals surface area (Å²) < 4.78 is 1.70. The zero-order valence-electron chi connectivity index (χ0n) is 14.7. The number of para-hydroxylation sites is 1. The lowest BCUT2D eigenvalue weighted by Crippen LogP contribution is -2.32. The highest BCUT2D eigenvalue weighted by Crippen LogP contribution is 2.24. The van der Waals surface area contributed by atoms with Gasteiger partial charge in [-0.3, -0.25) is 4.79 Å². The molecule has 0 N–H and O–H groups in total. The standard InChI is InChI=1S/C18H23N5OS/c1-3-22(15-10-5-4-6-11-15)17(24)13-25-18-19-20-21-23(18)16-12-8-7-9-14(16)2/h7-10,12H,3-6,11,13H2,1-2H3. The highest BCUT2D eigenvalue weighted by Gasteiger charge is 2.19. The van der Waals surface area contributed by atoms with E-state index < -0.39 is 0 Å². The Bertz CT molecular complexity index is 770. The summed E-state index contributed by atoms with van der Waals surface area (Å²) in [7, 11) is 0. The van der Waals surface area contributed by atoms with Gasteiger partial charge in [-0.05, 0) is 61.6 Å². The van der Waals surface area contributed by atoms with Crippen LogP contribution in [0, 0.1) is 6.92 Å². The van der Waals surface area contributed by atoms with Gasteiger partial charge in [0.1, 0.15) is 0 Å². The minimum Gasteiger partial charge on any atom is -0.316 e. The molecule has 0 radical (unpaired) electrons. The molecular weight excluding hydrogens is 334 g/mol. The van der Waals surface area contributed by atoms with E-state index in [0.717, 1.165) is 36.2 Å². The molecule has 0 unspecified atom stereocenters.